The molecule has 0 N–H and O–H groups in total. The van der Waals surface area contributed by atoms with E-state index < -0.39 is 0 Å². The summed E-state index contributed by atoms with van der Waals surface area (Å²) in [5, 5.41) is 0. The van der Waals surface area contributed by atoms with Crippen molar-refractivity contribution in [2.75, 3.05) is 26.3 Å². The summed E-state index contributed by atoms with van der Waals surface area (Å²) >= 11 is 0. The van der Waals surface area contributed by atoms with Crippen LogP contribution in [-0.2, 0) is 9.53 Å². The second kappa shape index (κ2) is 4.99. The van der Waals surface area contributed by atoms with Gasteiger partial charge in [-0.1, -0.05) is 20.4 Å². The number of carbonyl (C=O) groups is 1. The molecule has 0 unspecified atom stereocenters. The van der Waals surface area contributed by atoms with E-state index in [9.17, 15) is 4.79 Å². The minimum Gasteiger partial charge on any atom is -0.378 e. The molecule has 0 bridgehead atoms. The van der Waals surface area contributed by atoms with Crippen LogP contribution in [0, 0.1) is 5.92 Å². The number of amides is 1. The first kappa shape index (κ1) is 11.0. The zero-order chi connectivity index (χ0) is 10.6. The zero-order valence-corrected chi connectivity index (χ0v) is 8.88. The minimum atomic E-state index is 0.0540. The smallest absolute Gasteiger partial charge is 0.257 e. The molecule has 0 saturated carbocycles. The minimum absolute atomic E-state index is 0.0540. The van der Waals surface area contributed by atoms with Crippen molar-refractivity contribution in [1.82, 2.24) is 4.90 Å². The van der Waals surface area contributed by atoms with E-state index in [1.54, 1.807) is 4.90 Å². The van der Waals surface area contributed by atoms with Crippen molar-refractivity contribution in [3.8, 4) is 0 Å². The number of nitrogens with zero attached hydrogens (tertiary/aromatic N) is 1. The van der Waals surface area contributed by atoms with Gasteiger partial charge in [-0.05, 0) is 5.92 Å². The normalized spacial score (nSPS) is 16.6. The topological polar surface area (TPSA) is 29.5 Å². The Morgan fingerprint density at radius 2 is 2.00 bits per heavy atom. The van der Waals surface area contributed by atoms with E-state index in [4.69, 9.17) is 4.74 Å². The summed E-state index contributed by atoms with van der Waals surface area (Å²) in [6.07, 6.45) is 0. The molecule has 3 nitrogen and oxygen atoms in total. The Morgan fingerprint density at radius 1 is 1.43 bits per heavy atom. The maximum atomic E-state index is 11.9. The number of ether oxygens (including phenoxy) is 1. The predicted molar refractivity (Wildman–Crippen MR) is 54.9 cm³/mol. The van der Waals surface area contributed by atoms with Gasteiger partial charge in [0.05, 0.1) is 18.8 Å². The van der Waals surface area contributed by atoms with Crippen LogP contribution < -0.4 is 0 Å². The molecule has 1 aliphatic rings. The molecule has 3 heteroatoms. The third-order valence-electron chi connectivity index (χ3n) is 2.30. The van der Waals surface area contributed by atoms with Crippen LogP contribution in [0.15, 0.2) is 17.9 Å². The molecule has 0 atom stereocenters. The molecule has 1 rings (SSSR count). The Labute approximate surface area is 85.0 Å². The predicted octanol–water partition coefficient (Wildman–Crippen LogP) is 1.21. The van der Waals surface area contributed by atoms with Gasteiger partial charge in [0.2, 0.25) is 0 Å². The van der Waals surface area contributed by atoms with Crippen LogP contribution >= 0.6 is 0 Å². The lowest BCUT2D eigenvalue weighted by molar-refractivity contribution is -0.131. The molecule has 1 fully saturated rings. The first-order valence-corrected chi connectivity index (χ1v) is 4.93. The standard InChI is InChI=1S/C11H17NO2/c1-4-10(9(2)3)11(13)12-5-7-14-8-6-12/h9H,1,5-8H2,2-3H3. The third-order valence-corrected chi connectivity index (χ3v) is 2.30. The van der Waals surface area contributed by atoms with E-state index in [0.717, 1.165) is 0 Å². The largest absolute Gasteiger partial charge is 0.378 e. The number of carbonyl (C=O) groups excluding carboxylic acids is 1. The van der Waals surface area contributed by atoms with Crippen LogP contribution in [0.25, 0.3) is 0 Å². The van der Waals surface area contributed by atoms with Crippen LogP contribution in [0.4, 0.5) is 0 Å². The van der Waals surface area contributed by atoms with Crippen molar-refractivity contribution in [3.05, 3.63) is 17.9 Å². The maximum absolute atomic E-state index is 11.9. The van der Waals surface area contributed by atoms with Gasteiger partial charge in [0.1, 0.15) is 0 Å². The molecule has 1 aliphatic heterocycles. The summed E-state index contributed by atoms with van der Waals surface area (Å²) in [6.45, 7) is 10.1. The lowest BCUT2D eigenvalue weighted by Gasteiger charge is -2.28. The zero-order valence-electron chi connectivity index (χ0n) is 8.88. The summed E-state index contributed by atoms with van der Waals surface area (Å²) in [6, 6.07) is 0. The average molecular weight is 195 g/mol. The Hall–Kier alpha value is -1.05. The number of rotatable bonds is 2. The number of hydrogen-bond donors (Lipinski definition) is 0. The van der Waals surface area contributed by atoms with E-state index in [1.165, 1.54) is 0 Å². The van der Waals surface area contributed by atoms with E-state index >= 15 is 0 Å². The van der Waals surface area contributed by atoms with Crippen molar-refractivity contribution in [2.45, 2.75) is 13.8 Å². The van der Waals surface area contributed by atoms with E-state index in [-0.39, 0.29) is 11.8 Å². The van der Waals surface area contributed by atoms with Crippen LogP contribution in [-0.4, -0.2) is 37.1 Å². The number of morpholine rings is 1. The first-order chi connectivity index (χ1) is 6.66. The van der Waals surface area contributed by atoms with Crippen molar-refractivity contribution in [3.63, 3.8) is 0 Å². The van der Waals surface area contributed by atoms with Gasteiger partial charge in [0, 0.05) is 13.1 Å². The molecule has 1 amide bonds. The Balaban J connectivity index is 2.67. The van der Waals surface area contributed by atoms with Crippen molar-refractivity contribution >= 4 is 5.91 Å². The molecule has 0 radical (unpaired) electrons. The van der Waals surface area contributed by atoms with Crippen LogP contribution in [0.2, 0.25) is 0 Å². The van der Waals surface area contributed by atoms with Crippen molar-refractivity contribution in [1.29, 1.82) is 0 Å². The van der Waals surface area contributed by atoms with Gasteiger partial charge >= 0.3 is 0 Å². The highest BCUT2D eigenvalue weighted by Crippen LogP contribution is 2.12. The van der Waals surface area contributed by atoms with Gasteiger partial charge in [-0.15, -0.1) is 5.73 Å². The van der Waals surface area contributed by atoms with E-state index in [2.05, 4.69) is 12.3 Å². The van der Waals surface area contributed by atoms with E-state index in [0.29, 0.717) is 31.9 Å². The Bertz CT molecular complexity index is 258. The van der Waals surface area contributed by atoms with Crippen LogP contribution in [0.5, 0.6) is 0 Å². The van der Waals surface area contributed by atoms with Gasteiger partial charge in [0.15, 0.2) is 0 Å². The summed E-state index contributed by atoms with van der Waals surface area (Å²) in [5.41, 5.74) is 3.41. The fourth-order valence-corrected chi connectivity index (χ4v) is 1.46. The first-order valence-electron chi connectivity index (χ1n) is 4.93. The summed E-state index contributed by atoms with van der Waals surface area (Å²) in [4.78, 5) is 13.7. The SMILES string of the molecule is C=C=C(C(=O)N1CCOCC1)C(C)C. The Morgan fingerprint density at radius 3 is 2.43 bits per heavy atom. The van der Waals surface area contributed by atoms with Crippen LogP contribution in [0.3, 0.4) is 0 Å². The number of hydrogen-bond acceptors (Lipinski definition) is 2. The van der Waals surface area contributed by atoms with Gasteiger partial charge in [-0.3, -0.25) is 4.79 Å². The van der Waals surface area contributed by atoms with E-state index in [1.807, 2.05) is 13.8 Å². The molecule has 1 saturated heterocycles. The molecule has 0 aromatic rings. The maximum Gasteiger partial charge on any atom is 0.257 e. The molecular formula is C11H17NO2. The van der Waals surface area contributed by atoms with Gasteiger partial charge in [-0.25, -0.2) is 0 Å². The lowest BCUT2D eigenvalue weighted by Crippen LogP contribution is -2.41. The van der Waals surface area contributed by atoms with Gasteiger partial charge in [0.25, 0.3) is 5.91 Å². The summed E-state index contributed by atoms with van der Waals surface area (Å²) in [7, 11) is 0. The highest BCUT2D eigenvalue weighted by molar-refractivity contribution is 5.93. The third kappa shape index (κ3) is 2.47. The highest BCUT2D eigenvalue weighted by Gasteiger charge is 2.21. The summed E-state index contributed by atoms with van der Waals surface area (Å²) < 4.78 is 5.18. The van der Waals surface area contributed by atoms with Crippen molar-refractivity contribution < 1.29 is 9.53 Å². The molecule has 1 heterocycles. The van der Waals surface area contributed by atoms with Crippen molar-refractivity contribution in [2.24, 2.45) is 5.92 Å². The molecular weight excluding hydrogens is 178 g/mol. The second-order valence-corrected chi connectivity index (χ2v) is 3.65. The highest BCUT2D eigenvalue weighted by atomic mass is 16.5. The van der Waals surface area contributed by atoms with Crippen LogP contribution in [0.1, 0.15) is 13.8 Å². The molecule has 0 aromatic carbocycles. The second-order valence-electron chi connectivity index (χ2n) is 3.65. The summed E-state index contributed by atoms with van der Waals surface area (Å²) in [5.74, 6) is 0.237. The lowest BCUT2D eigenvalue weighted by atomic mass is 10.0. The monoisotopic (exact) mass is 195 g/mol. The molecule has 0 aromatic heterocycles. The molecule has 78 valence electrons. The quantitative estimate of drug-likeness (QED) is 0.489. The van der Waals surface area contributed by atoms with Gasteiger partial charge in [-0.2, -0.15) is 0 Å². The average Bonchev–Trinajstić information content (AvgIpc) is 2.19. The van der Waals surface area contributed by atoms with Gasteiger partial charge < -0.3 is 9.64 Å². The molecule has 0 aliphatic carbocycles. The fourth-order valence-electron chi connectivity index (χ4n) is 1.46. The molecule has 0 spiro atoms. The Kier molecular flexibility index (Phi) is 3.93. The fraction of sp³-hybridized carbons (Fsp3) is 0.636. The molecule has 14 heavy (non-hydrogen) atoms.